The second-order valence-corrected chi connectivity index (χ2v) is 5.70. The van der Waals surface area contributed by atoms with Crippen molar-refractivity contribution in [3.8, 4) is 11.8 Å². The minimum atomic E-state index is -0.411. The predicted octanol–water partition coefficient (Wildman–Crippen LogP) is 3.27. The summed E-state index contributed by atoms with van der Waals surface area (Å²) < 4.78 is 0. The van der Waals surface area contributed by atoms with Crippen LogP contribution in [0.1, 0.15) is 22.3 Å². The Hall–Kier alpha value is -3.06. The number of amides is 1. The zero-order chi connectivity index (χ0) is 17.5. The van der Waals surface area contributed by atoms with Crippen LogP contribution in [0.2, 0.25) is 0 Å². The van der Waals surface area contributed by atoms with Gasteiger partial charge in [0.1, 0.15) is 17.4 Å². The fraction of sp³-hybridized carbons (Fsp3) is 0.200. The second-order valence-electron chi connectivity index (χ2n) is 5.70. The molecule has 0 fully saturated rings. The van der Waals surface area contributed by atoms with E-state index in [4.69, 9.17) is 0 Å². The van der Waals surface area contributed by atoms with Crippen LogP contribution in [-0.2, 0) is 11.2 Å². The number of phenols is 1. The molecule has 0 radical (unpaired) electrons. The van der Waals surface area contributed by atoms with Crippen molar-refractivity contribution in [2.24, 2.45) is 0 Å². The maximum atomic E-state index is 12.1. The van der Waals surface area contributed by atoms with E-state index in [-0.39, 0.29) is 11.3 Å². The van der Waals surface area contributed by atoms with Gasteiger partial charge < -0.3 is 10.4 Å². The monoisotopic (exact) mass is 320 g/mol. The van der Waals surface area contributed by atoms with Crippen LogP contribution in [0.3, 0.4) is 0 Å². The smallest absolute Gasteiger partial charge is 0.261 e. The average Bonchev–Trinajstić information content (AvgIpc) is 2.55. The number of benzene rings is 2. The molecule has 0 saturated heterocycles. The maximum absolute atomic E-state index is 12.1. The fourth-order valence-electron chi connectivity index (χ4n) is 2.41. The molecule has 0 bridgehead atoms. The zero-order valence-electron chi connectivity index (χ0n) is 13.8. The van der Waals surface area contributed by atoms with Gasteiger partial charge in [0.25, 0.3) is 5.91 Å². The highest BCUT2D eigenvalue weighted by molar-refractivity contribution is 6.01. The van der Waals surface area contributed by atoms with E-state index in [1.54, 1.807) is 12.1 Å². The molecule has 0 spiro atoms. The molecule has 0 saturated carbocycles. The first-order valence-electron chi connectivity index (χ1n) is 7.75. The lowest BCUT2D eigenvalue weighted by molar-refractivity contribution is -0.117. The van der Waals surface area contributed by atoms with E-state index >= 15 is 0 Å². The zero-order valence-corrected chi connectivity index (χ0v) is 13.8. The molecule has 0 atom stereocenters. The Balaban J connectivity index is 2.00. The molecule has 24 heavy (non-hydrogen) atoms. The summed E-state index contributed by atoms with van der Waals surface area (Å²) in [6.07, 6.45) is 2.18. The van der Waals surface area contributed by atoms with Crippen molar-refractivity contribution in [3.05, 3.63) is 70.3 Å². The first-order valence-corrected chi connectivity index (χ1v) is 7.75. The number of hydrogen-bond acceptors (Lipinski definition) is 3. The summed E-state index contributed by atoms with van der Waals surface area (Å²) in [5.74, 6) is -0.317. The molecule has 0 unspecified atom stereocenters. The molecule has 2 rings (SSSR count). The Morgan fingerprint density at radius 3 is 2.75 bits per heavy atom. The SMILES string of the molecule is Cc1ccc(C)c(CCNC(=O)/C(C#N)=C/c2cccc(O)c2)c1. The van der Waals surface area contributed by atoms with Crippen LogP contribution in [0.4, 0.5) is 0 Å². The molecule has 0 aliphatic heterocycles. The molecule has 4 heteroatoms. The Bertz CT molecular complexity index is 817. The van der Waals surface area contributed by atoms with E-state index in [0.717, 1.165) is 0 Å². The Morgan fingerprint density at radius 2 is 2.04 bits per heavy atom. The van der Waals surface area contributed by atoms with Crippen LogP contribution in [0.15, 0.2) is 48.0 Å². The molecule has 1 amide bonds. The maximum Gasteiger partial charge on any atom is 0.261 e. The Labute approximate surface area is 142 Å². The van der Waals surface area contributed by atoms with E-state index in [0.29, 0.717) is 18.5 Å². The van der Waals surface area contributed by atoms with Crippen molar-refractivity contribution in [2.45, 2.75) is 20.3 Å². The van der Waals surface area contributed by atoms with Crippen molar-refractivity contribution in [1.82, 2.24) is 5.32 Å². The van der Waals surface area contributed by atoms with Crippen molar-refractivity contribution >= 4 is 12.0 Å². The summed E-state index contributed by atoms with van der Waals surface area (Å²) in [6, 6.07) is 14.6. The van der Waals surface area contributed by atoms with Gasteiger partial charge in [0.2, 0.25) is 0 Å². The molecule has 2 aromatic rings. The molecule has 0 heterocycles. The predicted molar refractivity (Wildman–Crippen MR) is 94.3 cm³/mol. The number of aryl methyl sites for hydroxylation is 2. The average molecular weight is 320 g/mol. The van der Waals surface area contributed by atoms with Gasteiger partial charge in [-0.1, -0.05) is 35.9 Å². The van der Waals surface area contributed by atoms with Gasteiger partial charge in [-0.3, -0.25) is 4.79 Å². The van der Waals surface area contributed by atoms with Gasteiger partial charge in [-0.25, -0.2) is 0 Å². The fourth-order valence-corrected chi connectivity index (χ4v) is 2.41. The first kappa shape index (κ1) is 17.3. The van der Waals surface area contributed by atoms with Gasteiger partial charge in [0.05, 0.1) is 0 Å². The summed E-state index contributed by atoms with van der Waals surface area (Å²) in [7, 11) is 0. The number of rotatable bonds is 5. The van der Waals surface area contributed by atoms with Gasteiger partial charge in [-0.15, -0.1) is 0 Å². The molecule has 0 aliphatic rings. The highest BCUT2D eigenvalue weighted by atomic mass is 16.3. The topological polar surface area (TPSA) is 73.1 Å². The lowest BCUT2D eigenvalue weighted by Crippen LogP contribution is -2.26. The van der Waals surface area contributed by atoms with Gasteiger partial charge in [0.15, 0.2) is 0 Å². The third-order valence-electron chi connectivity index (χ3n) is 3.73. The highest BCUT2D eigenvalue weighted by Crippen LogP contribution is 2.14. The molecular weight excluding hydrogens is 300 g/mol. The third kappa shape index (κ3) is 4.72. The van der Waals surface area contributed by atoms with E-state index in [1.165, 1.54) is 34.9 Å². The van der Waals surface area contributed by atoms with Gasteiger partial charge in [-0.05, 0) is 55.2 Å². The van der Waals surface area contributed by atoms with E-state index in [9.17, 15) is 15.2 Å². The van der Waals surface area contributed by atoms with Gasteiger partial charge in [-0.2, -0.15) is 5.26 Å². The lowest BCUT2D eigenvalue weighted by atomic mass is 10.0. The normalized spacial score (nSPS) is 11.0. The van der Waals surface area contributed by atoms with Crippen LogP contribution in [-0.4, -0.2) is 17.6 Å². The molecule has 2 N–H and O–H groups in total. The number of carbonyl (C=O) groups is 1. The van der Waals surface area contributed by atoms with E-state index in [1.807, 2.05) is 19.9 Å². The molecule has 2 aromatic carbocycles. The van der Waals surface area contributed by atoms with Crippen molar-refractivity contribution in [1.29, 1.82) is 5.26 Å². The molecular formula is C20H20N2O2. The molecule has 0 aliphatic carbocycles. The Morgan fingerprint density at radius 1 is 1.25 bits per heavy atom. The third-order valence-corrected chi connectivity index (χ3v) is 3.73. The first-order chi connectivity index (χ1) is 11.5. The minimum Gasteiger partial charge on any atom is -0.508 e. The number of nitriles is 1. The summed E-state index contributed by atoms with van der Waals surface area (Å²) in [6.45, 7) is 4.54. The Kier molecular flexibility index (Phi) is 5.75. The van der Waals surface area contributed by atoms with Crippen LogP contribution in [0.5, 0.6) is 5.75 Å². The molecule has 122 valence electrons. The summed E-state index contributed by atoms with van der Waals surface area (Å²) in [4.78, 5) is 12.1. The van der Waals surface area contributed by atoms with Crippen molar-refractivity contribution in [3.63, 3.8) is 0 Å². The number of carbonyl (C=O) groups excluding carboxylic acids is 1. The number of nitrogens with one attached hydrogen (secondary N) is 1. The van der Waals surface area contributed by atoms with Crippen LogP contribution in [0.25, 0.3) is 6.08 Å². The molecule has 0 aromatic heterocycles. The quantitative estimate of drug-likeness (QED) is 0.656. The number of aromatic hydroxyl groups is 1. The standard InChI is InChI=1S/C20H20N2O2/c1-14-6-7-15(2)17(10-14)8-9-22-20(24)18(13-21)11-16-4-3-5-19(23)12-16/h3-7,10-12,23H,8-9H2,1-2H3,(H,22,24)/b18-11+. The van der Waals surface area contributed by atoms with E-state index in [2.05, 4.69) is 23.5 Å². The number of nitrogens with zero attached hydrogens (tertiary/aromatic N) is 1. The minimum absolute atomic E-state index is 0.0153. The number of hydrogen-bond donors (Lipinski definition) is 2. The van der Waals surface area contributed by atoms with Gasteiger partial charge in [0, 0.05) is 6.54 Å². The van der Waals surface area contributed by atoms with Crippen LogP contribution in [0, 0.1) is 25.2 Å². The van der Waals surface area contributed by atoms with Crippen molar-refractivity contribution in [2.75, 3.05) is 6.54 Å². The lowest BCUT2D eigenvalue weighted by Gasteiger charge is -2.08. The van der Waals surface area contributed by atoms with Gasteiger partial charge >= 0.3 is 0 Å². The summed E-state index contributed by atoms with van der Waals surface area (Å²) in [5, 5.41) is 21.4. The largest absolute Gasteiger partial charge is 0.508 e. The summed E-state index contributed by atoms with van der Waals surface area (Å²) >= 11 is 0. The van der Waals surface area contributed by atoms with E-state index < -0.39 is 5.91 Å². The van der Waals surface area contributed by atoms with Crippen LogP contribution >= 0.6 is 0 Å². The van der Waals surface area contributed by atoms with Crippen LogP contribution < -0.4 is 5.32 Å². The highest BCUT2D eigenvalue weighted by Gasteiger charge is 2.09. The van der Waals surface area contributed by atoms with Crippen molar-refractivity contribution < 1.29 is 9.90 Å². The molecule has 4 nitrogen and oxygen atoms in total. The second kappa shape index (κ2) is 7.98. The summed E-state index contributed by atoms with van der Waals surface area (Å²) in [5.41, 5.74) is 4.18. The number of phenolic OH excluding ortho intramolecular Hbond substituents is 1.